The number of hydrogen-bond donors (Lipinski definition) is 2. The second-order valence-corrected chi connectivity index (χ2v) is 11.2. The van der Waals surface area contributed by atoms with Crippen molar-refractivity contribution < 1.29 is 27.8 Å². The predicted octanol–water partition coefficient (Wildman–Crippen LogP) is 5.09. The lowest BCUT2D eigenvalue weighted by Crippen LogP contribution is -2.18. The molecule has 1 aliphatic heterocycles. The molecule has 1 amide bonds. The molecular weight excluding hydrogens is 486 g/mol. The monoisotopic (exact) mass is 511 g/mol. The Kier molecular flexibility index (Phi) is 6.82. The zero-order chi connectivity index (χ0) is 25.3. The van der Waals surface area contributed by atoms with Crippen LogP contribution < -0.4 is 14.8 Å². The van der Waals surface area contributed by atoms with E-state index in [0.717, 1.165) is 16.7 Å². The van der Waals surface area contributed by atoms with Crippen LogP contribution in [0.1, 0.15) is 22.3 Å². The van der Waals surface area contributed by atoms with Crippen LogP contribution in [0.5, 0.6) is 17.2 Å². The zero-order valence-electron chi connectivity index (χ0n) is 19.7. The molecule has 0 aliphatic carbocycles. The number of aromatic hydroxyl groups is 1. The van der Waals surface area contributed by atoms with E-state index in [1.807, 2.05) is 32.0 Å². The molecule has 182 valence electrons. The molecule has 7 nitrogen and oxygen atoms in total. The van der Waals surface area contributed by atoms with Crippen LogP contribution in [0, 0.1) is 13.8 Å². The highest BCUT2D eigenvalue weighted by Gasteiger charge is 2.26. The van der Waals surface area contributed by atoms with Crippen LogP contribution in [-0.4, -0.2) is 33.7 Å². The van der Waals surface area contributed by atoms with Gasteiger partial charge in [0, 0.05) is 17.0 Å². The average molecular weight is 512 g/mol. The Morgan fingerprint density at radius 2 is 1.63 bits per heavy atom. The van der Waals surface area contributed by atoms with Gasteiger partial charge in [0.05, 0.1) is 41.0 Å². The van der Waals surface area contributed by atoms with Gasteiger partial charge in [-0.15, -0.1) is 0 Å². The van der Waals surface area contributed by atoms with Crippen LogP contribution >= 0.6 is 11.8 Å². The van der Waals surface area contributed by atoms with E-state index < -0.39 is 9.84 Å². The fraction of sp³-hybridized carbons (Fsp3) is 0.192. The number of thioether (sulfide) groups is 1. The third-order valence-corrected chi connectivity index (χ3v) is 8.52. The molecule has 35 heavy (non-hydrogen) atoms. The van der Waals surface area contributed by atoms with Gasteiger partial charge in [-0.2, -0.15) is 0 Å². The fourth-order valence-corrected chi connectivity index (χ4v) is 6.37. The van der Waals surface area contributed by atoms with Gasteiger partial charge in [-0.05, 0) is 54.8 Å². The van der Waals surface area contributed by atoms with Crippen LogP contribution in [0.3, 0.4) is 0 Å². The number of fused-ring (bicyclic) bond motifs is 1. The van der Waals surface area contributed by atoms with Crippen LogP contribution in [0.4, 0.5) is 5.69 Å². The van der Waals surface area contributed by atoms with Crippen molar-refractivity contribution in [2.24, 2.45) is 0 Å². The molecule has 0 saturated heterocycles. The van der Waals surface area contributed by atoms with Gasteiger partial charge in [0.15, 0.2) is 9.84 Å². The first kappa shape index (κ1) is 24.7. The minimum Gasteiger partial charge on any atom is -0.508 e. The van der Waals surface area contributed by atoms with E-state index in [9.17, 15) is 18.3 Å². The minimum absolute atomic E-state index is 0.0263. The Morgan fingerprint density at radius 3 is 2.23 bits per heavy atom. The van der Waals surface area contributed by atoms with E-state index in [2.05, 4.69) is 5.32 Å². The molecule has 9 heteroatoms. The predicted molar refractivity (Wildman–Crippen MR) is 137 cm³/mol. The molecular formula is C26H25NO6S2. The maximum Gasteiger partial charge on any atom is 0.262 e. The van der Waals surface area contributed by atoms with Gasteiger partial charge in [0.25, 0.3) is 5.91 Å². The number of carbonyl (C=O) groups excluding carboxylic acids is 1. The van der Waals surface area contributed by atoms with Crippen LogP contribution in [0.15, 0.2) is 63.2 Å². The highest BCUT2D eigenvalue weighted by atomic mass is 32.2. The summed E-state index contributed by atoms with van der Waals surface area (Å²) in [6.07, 6.45) is 1.62. The molecule has 0 radical (unpaired) electrons. The number of rotatable bonds is 6. The van der Waals surface area contributed by atoms with Crippen molar-refractivity contribution in [3.63, 3.8) is 0 Å². The van der Waals surface area contributed by atoms with Crippen LogP contribution in [0.2, 0.25) is 0 Å². The number of phenols is 1. The smallest absolute Gasteiger partial charge is 0.262 e. The van der Waals surface area contributed by atoms with Crippen molar-refractivity contribution >= 4 is 39.3 Å². The van der Waals surface area contributed by atoms with Gasteiger partial charge in [0.1, 0.15) is 17.2 Å². The summed E-state index contributed by atoms with van der Waals surface area (Å²) in [6, 6.07) is 13.3. The Morgan fingerprint density at radius 1 is 1.00 bits per heavy atom. The lowest BCUT2D eigenvalue weighted by atomic mass is 10.1. The third-order valence-electron chi connectivity index (χ3n) is 5.79. The highest BCUT2D eigenvalue weighted by Crippen LogP contribution is 2.43. The number of benzene rings is 3. The van der Waals surface area contributed by atoms with Crippen LogP contribution in [0.25, 0.3) is 6.08 Å². The standard InChI is InChI=1S/C26H25NO6S2/c1-15-6-5-7-16(2)20(15)14-35(30,31)18-8-9-24-21(12-18)27-26(29)25(34-24)13-19-22(32-3)10-17(28)11-23(19)33-4/h5-13,28H,14H2,1-4H3,(H,27,29). The summed E-state index contributed by atoms with van der Waals surface area (Å²) in [5.41, 5.74) is 3.56. The summed E-state index contributed by atoms with van der Waals surface area (Å²) >= 11 is 1.21. The van der Waals surface area contributed by atoms with Gasteiger partial charge >= 0.3 is 0 Å². The molecule has 2 N–H and O–H groups in total. The quantitative estimate of drug-likeness (QED) is 0.445. The summed E-state index contributed by atoms with van der Waals surface area (Å²) < 4.78 is 37.0. The Labute approximate surface area is 208 Å². The highest BCUT2D eigenvalue weighted by molar-refractivity contribution is 8.04. The Bertz CT molecular complexity index is 1420. The largest absolute Gasteiger partial charge is 0.508 e. The fourth-order valence-electron chi connectivity index (χ4n) is 3.88. The van der Waals surface area contributed by atoms with Gasteiger partial charge < -0.3 is 19.9 Å². The van der Waals surface area contributed by atoms with E-state index in [4.69, 9.17) is 9.47 Å². The van der Waals surface area contributed by atoms with Crippen molar-refractivity contribution in [3.8, 4) is 17.2 Å². The van der Waals surface area contributed by atoms with Crippen molar-refractivity contribution in [2.75, 3.05) is 19.5 Å². The van der Waals surface area contributed by atoms with E-state index >= 15 is 0 Å². The summed E-state index contributed by atoms with van der Waals surface area (Å²) in [4.78, 5) is 14.1. The second kappa shape index (κ2) is 9.67. The maximum absolute atomic E-state index is 13.2. The number of hydrogen-bond acceptors (Lipinski definition) is 7. The van der Waals surface area contributed by atoms with Gasteiger partial charge in [-0.1, -0.05) is 30.0 Å². The number of amides is 1. The molecule has 0 bridgehead atoms. The number of sulfone groups is 1. The van der Waals surface area contributed by atoms with Crippen LogP contribution in [-0.2, 0) is 20.4 Å². The third kappa shape index (κ3) is 5.01. The first-order chi connectivity index (χ1) is 16.6. The summed E-state index contributed by atoms with van der Waals surface area (Å²) in [5.74, 6) is 0.172. The Balaban J connectivity index is 1.67. The average Bonchev–Trinajstić information content (AvgIpc) is 2.82. The number of carbonyl (C=O) groups is 1. The summed E-state index contributed by atoms with van der Waals surface area (Å²) in [6.45, 7) is 3.79. The van der Waals surface area contributed by atoms with Crippen molar-refractivity contribution in [1.82, 2.24) is 0 Å². The first-order valence-electron chi connectivity index (χ1n) is 10.7. The minimum atomic E-state index is -3.63. The first-order valence-corrected chi connectivity index (χ1v) is 13.2. The normalized spacial score (nSPS) is 14.4. The van der Waals surface area contributed by atoms with E-state index in [1.165, 1.54) is 44.2 Å². The zero-order valence-corrected chi connectivity index (χ0v) is 21.3. The molecule has 0 saturated carbocycles. The molecule has 3 aromatic rings. The van der Waals surface area contributed by atoms with Crippen molar-refractivity contribution in [2.45, 2.75) is 29.4 Å². The van der Waals surface area contributed by atoms with E-state index in [0.29, 0.717) is 32.6 Å². The Hall–Kier alpha value is -3.43. The number of aryl methyl sites for hydroxylation is 2. The molecule has 0 unspecified atom stereocenters. The molecule has 3 aromatic carbocycles. The lowest BCUT2D eigenvalue weighted by molar-refractivity contribution is -0.112. The topological polar surface area (TPSA) is 102 Å². The molecule has 0 atom stereocenters. The summed E-state index contributed by atoms with van der Waals surface area (Å²) in [5, 5.41) is 12.7. The van der Waals surface area contributed by atoms with E-state index in [-0.39, 0.29) is 22.3 Å². The van der Waals surface area contributed by atoms with E-state index in [1.54, 1.807) is 18.2 Å². The number of ether oxygens (including phenoxy) is 2. The molecule has 0 spiro atoms. The molecule has 0 aromatic heterocycles. The molecule has 4 rings (SSSR count). The molecule has 1 heterocycles. The van der Waals surface area contributed by atoms with Crippen molar-refractivity contribution in [3.05, 3.63) is 75.7 Å². The van der Waals surface area contributed by atoms with Gasteiger partial charge in [0.2, 0.25) is 0 Å². The van der Waals surface area contributed by atoms with Crippen molar-refractivity contribution in [1.29, 1.82) is 0 Å². The lowest BCUT2D eigenvalue weighted by Gasteiger charge is -2.20. The van der Waals surface area contributed by atoms with Gasteiger partial charge in [-0.3, -0.25) is 4.79 Å². The SMILES string of the molecule is COc1cc(O)cc(OC)c1C=C1Sc2ccc(S(=O)(=O)Cc3c(C)cccc3C)cc2NC1=O. The maximum atomic E-state index is 13.2. The number of methoxy groups -OCH3 is 2. The number of anilines is 1. The molecule has 1 aliphatic rings. The van der Waals surface area contributed by atoms with Gasteiger partial charge in [-0.25, -0.2) is 8.42 Å². The summed E-state index contributed by atoms with van der Waals surface area (Å²) in [7, 11) is -0.709. The molecule has 0 fully saturated rings. The number of phenolic OH excluding ortho intramolecular Hbond substituents is 1. The number of nitrogens with one attached hydrogen (secondary N) is 1. The second-order valence-electron chi connectivity index (χ2n) is 8.12.